The molecule has 3 heteroatoms. The molecule has 1 aliphatic heterocycles. The maximum absolute atomic E-state index is 6.06. The lowest BCUT2D eigenvalue weighted by atomic mass is 10.0. The summed E-state index contributed by atoms with van der Waals surface area (Å²) in [6.07, 6.45) is 6.03. The van der Waals surface area contributed by atoms with E-state index < -0.39 is 0 Å². The van der Waals surface area contributed by atoms with Crippen LogP contribution in [-0.4, -0.2) is 12.6 Å². The Balaban J connectivity index is 2.11. The van der Waals surface area contributed by atoms with Crippen LogP contribution in [0.15, 0.2) is 24.3 Å². The van der Waals surface area contributed by atoms with E-state index in [1.54, 1.807) is 0 Å². The molecule has 5 N–H and O–H groups in total. The molecule has 2 rings (SSSR count). The number of para-hydroxylation sites is 1. The molecule has 2 atom stereocenters. The average molecular weight is 233 g/mol. The van der Waals surface area contributed by atoms with E-state index in [0.717, 1.165) is 18.7 Å². The van der Waals surface area contributed by atoms with Crippen LogP contribution in [0.5, 0.6) is 0 Å². The van der Waals surface area contributed by atoms with Gasteiger partial charge < -0.3 is 16.8 Å². The molecule has 1 fully saturated rings. The number of rotatable bonds is 3. The van der Waals surface area contributed by atoms with Crippen molar-refractivity contribution in [3.05, 3.63) is 29.8 Å². The van der Waals surface area contributed by atoms with Crippen molar-refractivity contribution >= 4 is 5.69 Å². The van der Waals surface area contributed by atoms with Gasteiger partial charge in [0.05, 0.1) is 0 Å². The minimum absolute atomic E-state index is 0.398. The summed E-state index contributed by atoms with van der Waals surface area (Å²) in [6, 6.07) is 9.13. The van der Waals surface area contributed by atoms with Gasteiger partial charge in [0.1, 0.15) is 0 Å². The zero-order valence-corrected chi connectivity index (χ0v) is 10.4. The number of hydrogen-bond donors (Lipinski definition) is 3. The van der Waals surface area contributed by atoms with Crippen LogP contribution in [0.1, 0.15) is 43.7 Å². The summed E-state index contributed by atoms with van der Waals surface area (Å²) in [4.78, 5) is 0. The summed E-state index contributed by atoms with van der Waals surface area (Å²) < 4.78 is 0. The predicted octanol–water partition coefficient (Wildman–Crippen LogP) is 2.19. The molecule has 0 amide bonds. The van der Waals surface area contributed by atoms with Gasteiger partial charge >= 0.3 is 0 Å². The molecule has 1 aromatic carbocycles. The highest BCUT2D eigenvalue weighted by molar-refractivity contribution is 5.48. The van der Waals surface area contributed by atoms with Crippen LogP contribution >= 0.6 is 0 Å². The van der Waals surface area contributed by atoms with E-state index in [4.69, 9.17) is 11.5 Å². The van der Waals surface area contributed by atoms with Gasteiger partial charge in [0, 0.05) is 17.8 Å². The van der Waals surface area contributed by atoms with Crippen molar-refractivity contribution in [2.45, 2.75) is 44.2 Å². The highest BCUT2D eigenvalue weighted by Crippen LogP contribution is 2.28. The summed E-state index contributed by atoms with van der Waals surface area (Å²) >= 11 is 0. The lowest BCUT2D eigenvalue weighted by Crippen LogP contribution is -2.33. The summed E-state index contributed by atoms with van der Waals surface area (Å²) in [5.74, 6) is 0. The molecule has 0 saturated carbocycles. The second-order valence-corrected chi connectivity index (χ2v) is 4.91. The fraction of sp³-hybridized carbons (Fsp3) is 0.571. The van der Waals surface area contributed by atoms with Crippen molar-refractivity contribution < 1.29 is 0 Å². The van der Waals surface area contributed by atoms with Gasteiger partial charge in [-0.25, -0.2) is 0 Å². The minimum Gasteiger partial charge on any atom is -0.398 e. The van der Waals surface area contributed by atoms with Gasteiger partial charge in [-0.2, -0.15) is 0 Å². The van der Waals surface area contributed by atoms with E-state index in [1.807, 2.05) is 12.1 Å². The van der Waals surface area contributed by atoms with E-state index in [0.29, 0.717) is 12.1 Å². The standard InChI is InChI=1S/C14H23N3/c15-10-9-11-5-1-4-8-14(17-11)12-6-2-3-7-13(12)16/h2-3,6-7,11,14,17H,1,4-5,8-10,15-16H2. The Labute approximate surface area is 104 Å². The Bertz CT molecular complexity index is 351. The Morgan fingerprint density at radius 3 is 2.71 bits per heavy atom. The monoisotopic (exact) mass is 233 g/mol. The lowest BCUT2D eigenvalue weighted by molar-refractivity contribution is 0.422. The summed E-state index contributed by atoms with van der Waals surface area (Å²) in [5.41, 5.74) is 13.9. The van der Waals surface area contributed by atoms with Crippen molar-refractivity contribution in [1.82, 2.24) is 5.32 Å². The maximum atomic E-state index is 6.06. The van der Waals surface area contributed by atoms with Gasteiger partial charge in [0.2, 0.25) is 0 Å². The Morgan fingerprint density at radius 1 is 1.18 bits per heavy atom. The van der Waals surface area contributed by atoms with Crippen LogP contribution < -0.4 is 16.8 Å². The van der Waals surface area contributed by atoms with Gasteiger partial charge in [-0.15, -0.1) is 0 Å². The van der Waals surface area contributed by atoms with E-state index in [9.17, 15) is 0 Å². The largest absolute Gasteiger partial charge is 0.398 e. The fourth-order valence-corrected chi connectivity index (χ4v) is 2.69. The number of nitrogens with two attached hydrogens (primary N) is 2. The average Bonchev–Trinajstić information content (AvgIpc) is 2.56. The van der Waals surface area contributed by atoms with Crippen molar-refractivity contribution in [3.8, 4) is 0 Å². The second kappa shape index (κ2) is 6.03. The highest BCUT2D eigenvalue weighted by Gasteiger charge is 2.21. The molecule has 1 heterocycles. The van der Waals surface area contributed by atoms with Gasteiger partial charge in [-0.1, -0.05) is 31.0 Å². The maximum Gasteiger partial charge on any atom is 0.0362 e. The normalized spacial score (nSPS) is 25.5. The number of nitrogen functional groups attached to an aromatic ring is 1. The first-order chi connectivity index (χ1) is 8.31. The molecule has 0 bridgehead atoms. The Morgan fingerprint density at radius 2 is 1.94 bits per heavy atom. The van der Waals surface area contributed by atoms with Crippen molar-refractivity contribution in [3.63, 3.8) is 0 Å². The molecule has 0 spiro atoms. The molecular weight excluding hydrogens is 210 g/mol. The van der Waals surface area contributed by atoms with Gasteiger partial charge in [0.15, 0.2) is 0 Å². The van der Waals surface area contributed by atoms with Crippen LogP contribution in [-0.2, 0) is 0 Å². The van der Waals surface area contributed by atoms with Crippen LogP contribution in [0.3, 0.4) is 0 Å². The topological polar surface area (TPSA) is 64.1 Å². The first-order valence-corrected chi connectivity index (χ1v) is 6.62. The number of nitrogens with one attached hydrogen (secondary N) is 1. The number of hydrogen-bond acceptors (Lipinski definition) is 3. The molecular formula is C14H23N3. The molecule has 2 unspecified atom stereocenters. The lowest BCUT2D eigenvalue weighted by Gasteiger charge is -2.23. The molecule has 1 aromatic rings. The molecule has 0 aliphatic carbocycles. The minimum atomic E-state index is 0.398. The third kappa shape index (κ3) is 3.20. The highest BCUT2D eigenvalue weighted by atomic mass is 15.0. The summed E-state index contributed by atoms with van der Waals surface area (Å²) in [5, 5.41) is 3.71. The molecule has 1 aliphatic rings. The van der Waals surface area contributed by atoms with Crippen LogP contribution in [0.25, 0.3) is 0 Å². The van der Waals surface area contributed by atoms with Crippen LogP contribution in [0.4, 0.5) is 5.69 Å². The van der Waals surface area contributed by atoms with E-state index >= 15 is 0 Å². The molecule has 1 saturated heterocycles. The fourth-order valence-electron chi connectivity index (χ4n) is 2.69. The smallest absolute Gasteiger partial charge is 0.0362 e. The number of anilines is 1. The van der Waals surface area contributed by atoms with E-state index in [2.05, 4.69) is 17.4 Å². The third-order valence-electron chi connectivity index (χ3n) is 3.62. The molecule has 3 nitrogen and oxygen atoms in total. The zero-order chi connectivity index (χ0) is 12.1. The Hall–Kier alpha value is -1.06. The summed E-state index contributed by atoms with van der Waals surface area (Å²) in [6.45, 7) is 0.759. The predicted molar refractivity (Wildman–Crippen MR) is 72.7 cm³/mol. The second-order valence-electron chi connectivity index (χ2n) is 4.91. The number of benzene rings is 1. The van der Waals surface area contributed by atoms with Crippen molar-refractivity contribution in [2.24, 2.45) is 5.73 Å². The zero-order valence-electron chi connectivity index (χ0n) is 10.4. The van der Waals surface area contributed by atoms with Gasteiger partial charge in [-0.05, 0) is 37.4 Å². The first kappa shape index (κ1) is 12.4. The van der Waals surface area contributed by atoms with E-state index in [-0.39, 0.29) is 0 Å². The molecule has 17 heavy (non-hydrogen) atoms. The quantitative estimate of drug-likeness (QED) is 0.701. The Kier molecular flexibility index (Phi) is 4.40. The van der Waals surface area contributed by atoms with E-state index in [1.165, 1.54) is 31.2 Å². The van der Waals surface area contributed by atoms with Crippen LogP contribution in [0.2, 0.25) is 0 Å². The van der Waals surface area contributed by atoms with Crippen LogP contribution in [0, 0.1) is 0 Å². The first-order valence-electron chi connectivity index (χ1n) is 6.62. The molecule has 0 aromatic heterocycles. The van der Waals surface area contributed by atoms with Gasteiger partial charge in [-0.3, -0.25) is 0 Å². The summed E-state index contributed by atoms with van der Waals surface area (Å²) in [7, 11) is 0. The SMILES string of the molecule is NCCC1CCCCC(c2ccccc2N)N1. The molecule has 94 valence electrons. The molecule has 0 radical (unpaired) electrons. The van der Waals surface area contributed by atoms with Gasteiger partial charge in [0.25, 0.3) is 0 Å². The van der Waals surface area contributed by atoms with Crippen molar-refractivity contribution in [1.29, 1.82) is 0 Å². The third-order valence-corrected chi connectivity index (χ3v) is 3.62. The van der Waals surface area contributed by atoms with Crippen molar-refractivity contribution in [2.75, 3.05) is 12.3 Å².